The van der Waals surface area contributed by atoms with Crippen molar-refractivity contribution in [1.82, 2.24) is 14.1 Å². The zero-order valence-electron chi connectivity index (χ0n) is 9.08. The number of imidazole rings is 1. The predicted octanol–water partition coefficient (Wildman–Crippen LogP) is 1.52. The molecule has 6 heteroatoms. The summed E-state index contributed by atoms with van der Waals surface area (Å²) in [5, 5.41) is 10.6. The second-order valence-corrected chi connectivity index (χ2v) is 4.32. The zero-order chi connectivity index (χ0) is 12.3. The smallest absolute Gasteiger partial charge is 0.336 e. The van der Waals surface area contributed by atoms with Gasteiger partial charge in [-0.25, -0.2) is 14.3 Å². The maximum absolute atomic E-state index is 12.0. The fourth-order valence-corrected chi connectivity index (χ4v) is 1.82. The number of hydrogen-bond acceptors (Lipinski definition) is 3. The molecule has 0 atom stereocenters. The first-order valence-corrected chi connectivity index (χ1v) is 6.34. The molecule has 0 bridgehead atoms. The van der Waals surface area contributed by atoms with E-state index >= 15 is 0 Å². The Kier molecular flexibility index (Phi) is 3.63. The summed E-state index contributed by atoms with van der Waals surface area (Å²) >= 11 is 3.30. The summed E-state index contributed by atoms with van der Waals surface area (Å²) in [5.41, 5.74) is -0.276. The van der Waals surface area contributed by atoms with Crippen LogP contribution in [0.5, 0.6) is 5.88 Å². The van der Waals surface area contributed by atoms with E-state index in [1.165, 1.54) is 15.3 Å². The summed E-state index contributed by atoms with van der Waals surface area (Å²) in [6.07, 6.45) is 3.84. The van der Waals surface area contributed by atoms with Crippen molar-refractivity contribution in [2.75, 3.05) is 5.33 Å². The third kappa shape index (κ3) is 2.41. The van der Waals surface area contributed by atoms with Crippen LogP contribution in [0.4, 0.5) is 0 Å². The molecule has 0 amide bonds. The molecule has 17 heavy (non-hydrogen) atoms. The third-order valence-electron chi connectivity index (χ3n) is 2.35. The third-order valence-corrected chi connectivity index (χ3v) is 2.91. The Hall–Kier alpha value is -1.56. The van der Waals surface area contributed by atoms with Gasteiger partial charge in [-0.2, -0.15) is 0 Å². The summed E-state index contributed by atoms with van der Waals surface area (Å²) in [7, 11) is 0. The van der Waals surface area contributed by atoms with Crippen molar-refractivity contribution < 1.29 is 5.11 Å². The van der Waals surface area contributed by atoms with Crippen molar-refractivity contribution in [3.63, 3.8) is 0 Å². The molecule has 0 fully saturated rings. The number of alkyl halides is 1. The van der Waals surface area contributed by atoms with Crippen molar-refractivity contribution in [1.29, 1.82) is 0 Å². The minimum atomic E-state index is -0.276. The number of nitrogens with zero attached hydrogens (tertiary/aromatic N) is 3. The molecule has 2 heterocycles. The van der Waals surface area contributed by atoms with Gasteiger partial charge in [-0.1, -0.05) is 22.0 Å². The topological polar surface area (TPSA) is 60.1 Å². The van der Waals surface area contributed by atoms with Crippen molar-refractivity contribution in [2.24, 2.45) is 0 Å². The number of aryl methyl sites for hydroxylation is 1. The van der Waals surface area contributed by atoms with Gasteiger partial charge in [-0.05, 0) is 18.6 Å². The highest BCUT2D eigenvalue weighted by Crippen LogP contribution is 2.12. The number of rotatable bonds is 4. The summed E-state index contributed by atoms with van der Waals surface area (Å²) in [6, 6.07) is 5.20. The Morgan fingerprint density at radius 2 is 2.24 bits per heavy atom. The van der Waals surface area contributed by atoms with Crippen molar-refractivity contribution in [3.05, 3.63) is 41.1 Å². The van der Waals surface area contributed by atoms with Crippen molar-refractivity contribution in [2.45, 2.75) is 13.0 Å². The molecule has 90 valence electrons. The molecule has 2 aromatic rings. The highest BCUT2D eigenvalue weighted by molar-refractivity contribution is 9.09. The molecule has 0 saturated heterocycles. The first-order chi connectivity index (χ1) is 8.24. The molecule has 5 nitrogen and oxygen atoms in total. The van der Waals surface area contributed by atoms with Crippen LogP contribution >= 0.6 is 15.9 Å². The highest BCUT2D eigenvalue weighted by atomic mass is 79.9. The minimum Gasteiger partial charge on any atom is -0.493 e. The van der Waals surface area contributed by atoms with Gasteiger partial charge >= 0.3 is 5.69 Å². The molecule has 0 aromatic carbocycles. The van der Waals surface area contributed by atoms with E-state index in [1.54, 1.807) is 24.4 Å². The van der Waals surface area contributed by atoms with Gasteiger partial charge in [0.2, 0.25) is 5.88 Å². The fraction of sp³-hybridized carbons (Fsp3) is 0.273. The van der Waals surface area contributed by atoms with Gasteiger partial charge in [0.05, 0.1) is 6.20 Å². The highest BCUT2D eigenvalue weighted by Gasteiger charge is 2.12. The van der Waals surface area contributed by atoms with Crippen LogP contribution in [0.3, 0.4) is 0 Å². The maximum Gasteiger partial charge on any atom is 0.336 e. The second kappa shape index (κ2) is 5.18. The fourth-order valence-electron chi connectivity index (χ4n) is 1.57. The number of aromatic nitrogens is 3. The number of halogens is 1. The van der Waals surface area contributed by atoms with E-state index in [4.69, 9.17) is 0 Å². The molecular formula is C11H12BrN3O2. The van der Waals surface area contributed by atoms with Gasteiger partial charge in [0.15, 0.2) is 0 Å². The van der Waals surface area contributed by atoms with Gasteiger partial charge in [0.25, 0.3) is 0 Å². The summed E-state index contributed by atoms with van der Waals surface area (Å²) < 4.78 is 2.67. The van der Waals surface area contributed by atoms with Gasteiger partial charge in [-0.3, -0.25) is 4.57 Å². The molecule has 0 aliphatic carbocycles. The quantitative estimate of drug-likeness (QED) is 0.871. The largest absolute Gasteiger partial charge is 0.493 e. The van der Waals surface area contributed by atoms with Crippen LogP contribution in [0, 0.1) is 0 Å². The molecule has 1 N–H and O–H groups in total. The predicted molar refractivity (Wildman–Crippen MR) is 67.9 cm³/mol. The first-order valence-electron chi connectivity index (χ1n) is 5.22. The number of pyridine rings is 1. The van der Waals surface area contributed by atoms with E-state index in [2.05, 4.69) is 20.9 Å². The lowest BCUT2D eigenvalue weighted by molar-refractivity contribution is 0.439. The van der Waals surface area contributed by atoms with E-state index in [0.717, 1.165) is 11.8 Å². The van der Waals surface area contributed by atoms with E-state index in [0.29, 0.717) is 12.4 Å². The van der Waals surface area contributed by atoms with Gasteiger partial charge < -0.3 is 5.11 Å². The minimum absolute atomic E-state index is 0.0942. The van der Waals surface area contributed by atoms with Crippen molar-refractivity contribution in [3.8, 4) is 11.7 Å². The lowest BCUT2D eigenvalue weighted by Gasteiger charge is -2.00. The molecule has 0 radical (unpaired) electrons. The Labute approximate surface area is 106 Å². The van der Waals surface area contributed by atoms with Crippen LogP contribution in [-0.2, 0) is 6.54 Å². The lowest BCUT2D eigenvalue weighted by Crippen LogP contribution is -2.23. The number of hydrogen-bond donors (Lipinski definition) is 1. The van der Waals surface area contributed by atoms with Crippen molar-refractivity contribution >= 4 is 15.9 Å². The molecule has 0 aliphatic heterocycles. The summed E-state index contributed by atoms with van der Waals surface area (Å²) in [5.74, 6) is 0.330. The standard InChI is InChI=1S/C11H12BrN3O2/c12-5-3-7-14-8-10(16)15(11(14)17)9-4-1-2-6-13-9/h1-2,4,6,8,16H,3,5,7H2. The van der Waals surface area contributed by atoms with E-state index in [1.807, 2.05) is 0 Å². The Morgan fingerprint density at radius 3 is 2.88 bits per heavy atom. The van der Waals surface area contributed by atoms with Crippen LogP contribution in [0.1, 0.15) is 6.42 Å². The van der Waals surface area contributed by atoms with Crippen LogP contribution in [0.15, 0.2) is 35.4 Å². The SMILES string of the molecule is O=c1n(CCCBr)cc(O)n1-c1ccccn1. The lowest BCUT2D eigenvalue weighted by atomic mass is 10.4. The molecule has 0 spiro atoms. The van der Waals surface area contributed by atoms with Crippen LogP contribution in [-0.4, -0.2) is 24.6 Å². The number of aromatic hydroxyl groups is 1. The molecule has 2 aromatic heterocycles. The summed E-state index contributed by atoms with van der Waals surface area (Å²) in [4.78, 5) is 16.1. The molecule has 0 aliphatic rings. The van der Waals surface area contributed by atoms with Crippen LogP contribution in [0.2, 0.25) is 0 Å². The van der Waals surface area contributed by atoms with E-state index in [9.17, 15) is 9.90 Å². The van der Waals surface area contributed by atoms with Gasteiger partial charge in [-0.15, -0.1) is 0 Å². The molecular weight excluding hydrogens is 286 g/mol. The average Bonchev–Trinajstić information content (AvgIpc) is 2.63. The first kappa shape index (κ1) is 11.9. The van der Waals surface area contributed by atoms with E-state index in [-0.39, 0.29) is 11.6 Å². The maximum atomic E-state index is 12.0. The Morgan fingerprint density at radius 1 is 1.41 bits per heavy atom. The van der Waals surface area contributed by atoms with E-state index < -0.39 is 0 Å². The Balaban J connectivity index is 2.42. The normalized spacial score (nSPS) is 10.6. The zero-order valence-corrected chi connectivity index (χ0v) is 10.7. The Bertz CT molecular complexity index is 548. The molecule has 2 rings (SSSR count). The summed E-state index contributed by atoms with van der Waals surface area (Å²) in [6.45, 7) is 0.567. The molecule has 0 saturated carbocycles. The molecule has 0 unspecified atom stereocenters. The van der Waals surface area contributed by atoms with Crippen LogP contribution in [0.25, 0.3) is 5.82 Å². The second-order valence-electron chi connectivity index (χ2n) is 3.53. The van der Waals surface area contributed by atoms with Gasteiger partial charge in [0, 0.05) is 18.1 Å². The average molecular weight is 298 g/mol. The van der Waals surface area contributed by atoms with Gasteiger partial charge in [0.1, 0.15) is 5.82 Å². The monoisotopic (exact) mass is 297 g/mol. The van der Waals surface area contributed by atoms with Crippen LogP contribution < -0.4 is 5.69 Å².